The van der Waals surface area contributed by atoms with Gasteiger partial charge in [-0.25, -0.2) is 4.79 Å². The van der Waals surface area contributed by atoms with Crippen molar-refractivity contribution in [3.8, 4) is 0 Å². The van der Waals surface area contributed by atoms with Gasteiger partial charge in [-0.2, -0.15) is 0 Å². The summed E-state index contributed by atoms with van der Waals surface area (Å²) >= 11 is 0. The van der Waals surface area contributed by atoms with Crippen molar-refractivity contribution in [1.82, 2.24) is 0 Å². The maximum atomic E-state index is 11.6. The Hall–Kier alpha value is -1.32. The topological polar surface area (TPSA) is 52.6 Å². The third-order valence-corrected chi connectivity index (χ3v) is 1.71. The van der Waals surface area contributed by atoms with Gasteiger partial charge in [0.2, 0.25) is 0 Å². The fourth-order valence-corrected chi connectivity index (χ4v) is 1.03. The van der Waals surface area contributed by atoms with Gasteiger partial charge in [-0.1, -0.05) is 6.92 Å². The summed E-state index contributed by atoms with van der Waals surface area (Å²) in [7, 11) is 0. The minimum Gasteiger partial charge on any atom is -0.500 e. The zero-order chi connectivity index (χ0) is 12.6. The van der Waals surface area contributed by atoms with E-state index in [4.69, 9.17) is 9.47 Å². The molecule has 0 aromatic carbocycles. The van der Waals surface area contributed by atoms with Crippen LogP contribution in [0.4, 0.5) is 0 Å². The van der Waals surface area contributed by atoms with Crippen molar-refractivity contribution >= 4 is 11.8 Å². The summed E-state index contributed by atoms with van der Waals surface area (Å²) in [6.07, 6.45) is 1.97. The molecule has 0 saturated heterocycles. The van der Waals surface area contributed by atoms with Gasteiger partial charge in [0.25, 0.3) is 0 Å². The van der Waals surface area contributed by atoms with Crippen LogP contribution in [0.5, 0.6) is 0 Å². The molecule has 0 aromatic heterocycles. The Morgan fingerprint density at radius 1 is 1.25 bits per heavy atom. The summed E-state index contributed by atoms with van der Waals surface area (Å²) in [6.45, 7) is 7.55. The van der Waals surface area contributed by atoms with Crippen LogP contribution in [0.15, 0.2) is 11.8 Å². The van der Waals surface area contributed by atoms with E-state index >= 15 is 0 Å². The highest BCUT2D eigenvalue weighted by Gasteiger charge is 2.20. The van der Waals surface area contributed by atoms with Crippen molar-refractivity contribution in [2.24, 2.45) is 0 Å². The number of esters is 1. The smallest absolute Gasteiger partial charge is 0.345 e. The van der Waals surface area contributed by atoms with E-state index in [0.717, 1.165) is 0 Å². The van der Waals surface area contributed by atoms with Gasteiger partial charge in [0, 0.05) is 6.42 Å². The number of Topliss-reactive ketones (excluding diaryl/α,β-unsaturated/α-hetero) is 1. The normalized spacial score (nSPS) is 11.4. The molecule has 0 saturated carbocycles. The summed E-state index contributed by atoms with van der Waals surface area (Å²) in [4.78, 5) is 23.2. The monoisotopic (exact) mass is 228 g/mol. The Balaban J connectivity index is 4.66. The van der Waals surface area contributed by atoms with Crippen LogP contribution in [0.1, 0.15) is 40.5 Å². The van der Waals surface area contributed by atoms with Crippen LogP contribution in [-0.4, -0.2) is 24.5 Å². The van der Waals surface area contributed by atoms with Crippen LogP contribution in [0.3, 0.4) is 0 Å². The third-order valence-electron chi connectivity index (χ3n) is 1.71. The molecule has 0 N–H and O–H groups in total. The summed E-state index contributed by atoms with van der Waals surface area (Å²) < 4.78 is 9.95. The van der Waals surface area contributed by atoms with Crippen molar-refractivity contribution in [3.63, 3.8) is 0 Å². The zero-order valence-corrected chi connectivity index (χ0v) is 10.4. The average molecular weight is 228 g/mol. The first-order chi connectivity index (χ1) is 7.52. The Bertz CT molecular complexity index is 266. The molecule has 92 valence electrons. The number of ether oxygens (including phenoxy) is 2. The Labute approximate surface area is 96.6 Å². The Kier molecular flexibility index (Phi) is 7.25. The third kappa shape index (κ3) is 5.53. The van der Waals surface area contributed by atoms with Gasteiger partial charge >= 0.3 is 5.97 Å². The van der Waals surface area contributed by atoms with Gasteiger partial charge in [0.05, 0.1) is 12.7 Å². The van der Waals surface area contributed by atoms with Gasteiger partial charge in [0.15, 0.2) is 5.78 Å². The first kappa shape index (κ1) is 14.7. The predicted octanol–water partition coefficient (Wildman–Crippen LogP) is 2.23. The minimum atomic E-state index is -0.609. The van der Waals surface area contributed by atoms with E-state index in [-0.39, 0.29) is 17.5 Å². The summed E-state index contributed by atoms with van der Waals surface area (Å²) in [5.74, 6) is -0.844. The maximum Gasteiger partial charge on any atom is 0.345 e. The highest BCUT2D eigenvalue weighted by Crippen LogP contribution is 2.07. The van der Waals surface area contributed by atoms with Crippen LogP contribution in [0.25, 0.3) is 0 Å². The lowest BCUT2D eigenvalue weighted by Gasteiger charge is -2.09. The molecule has 0 fully saturated rings. The highest BCUT2D eigenvalue weighted by atomic mass is 16.5. The molecule has 16 heavy (non-hydrogen) atoms. The molecule has 0 spiro atoms. The van der Waals surface area contributed by atoms with E-state index in [1.165, 1.54) is 6.26 Å². The maximum absolute atomic E-state index is 11.6. The summed E-state index contributed by atoms with van der Waals surface area (Å²) in [5.41, 5.74) is -0.00241. The molecule has 0 atom stereocenters. The Morgan fingerprint density at radius 3 is 2.31 bits per heavy atom. The van der Waals surface area contributed by atoms with Crippen molar-refractivity contribution in [2.75, 3.05) is 6.61 Å². The van der Waals surface area contributed by atoms with Crippen LogP contribution in [0, 0.1) is 0 Å². The first-order valence-electron chi connectivity index (χ1n) is 5.58. The number of ketones is 1. The fourth-order valence-electron chi connectivity index (χ4n) is 1.03. The molecule has 4 nitrogen and oxygen atoms in total. The van der Waals surface area contributed by atoms with Gasteiger partial charge < -0.3 is 9.47 Å². The summed E-state index contributed by atoms with van der Waals surface area (Å²) in [5, 5.41) is 0. The first-order valence-corrected chi connectivity index (χ1v) is 5.58. The number of carbonyl (C=O) groups is 2. The SMILES string of the molecule is CCCC(=O)/C(=C\OCC)C(=O)OC(C)C. The molecule has 0 radical (unpaired) electrons. The predicted molar refractivity (Wildman–Crippen MR) is 60.9 cm³/mol. The second-order valence-corrected chi connectivity index (χ2v) is 3.61. The highest BCUT2D eigenvalue weighted by molar-refractivity contribution is 6.17. The number of hydrogen-bond acceptors (Lipinski definition) is 4. The van der Waals surface area contributed by atoms with Crippen molar-refractivity contribution in [2.45, 2.75) is 46.6 Å². The van der Waals surface area contributed by atoms with Crippen LogP contribution < -0.4 is 0 Å². The lowest BCUT2D eigenvalue weighted by Crippen LogP contribution is -2.19. The standard InChI is InChI=1S/C12H20O4/c1-5-7-11(13)10(8-15-6-2)12(14)16-9(3)4/h8-9H,5-7H2,1-4H3/b10-8+. The molecule has 0 aliphatic heterocycles. The molecule has 4 heteroatoms. The van der Waals surface area contributed by atoms with E-state index in [0.29, 0.717) is 19.4 Å². The molecule has 0 amide bonds. The van der Waals surface area contributed by atoms with Gasteiger partial charge in [-0.3, -0.25) is 4.79 Å². The van der Waals surface area contributed by atoms with E-state index < -0.39 is 5.97 Å². The van der Waals surface area contributed by atoms with Crippen molar-refractivity contribution < 1.29 is 19.1 Å². The second-order valence-electron chi connectivity index (χ2n) is 3.61. The fraction of sp³-hybridized carbons (Fsp3) is 0.667. The molecule has 0 aliphatic rings. The van der Waals surface area contributed by atoms with Crippen LogP contribution in [0.2, 0.25) is 0 Å². The quantitative estimate of drug-likeness (QED) is 0.220. The number of rotatable bonds is 7. The van der Waals surface area contributed by atoms with Gasteiger partial charge in [-0.05, 0) is 27.2 Å². The minimum absolute atomic E-state index is 0.00241. The van der Waals surface area contributed by atoms with E-state index in [1.807, 2.05) is 6.92 Å². The largest absolute Gasteiger partial charge is 0.500 e. The Morgan fingerprint density at radius 2 is 1.88 bits per heavy atom. The van der Waals surface area contributed by atoms with Crippen molar-refractivity contribution in [1.29, 1.82) is 0 Å². The molecule has 0 bridgehead atoms. The van der Waals surface area contributed by atoms with Crippen molar-refractivity contribution in [3.05, 3.63) is 11.8 Å². The lowest BCUT2D eigenvalue weighted by molar-refractivity contribution is -0.144. The molecule has 0 aromatic rings. The second kappa shape index (κ2) is 7.91. The number of hydrogen-bond donors (Lipinski definition) is 0. The lowest BCUT2D eigenvalue weighted by atomic mass is 10.1. The van der Waals surface area contributed by atoms with E-state index in [1.54, 1.807) is 20.8 Å². The summed E-state index contributed by atoms with van der Waals surface area (Å²) in [6, 6.07) is 0. The van der Waals surface area contributed by atoms with Crippen LogP contribution in [-0.2, 0) is 19.1 Å². The number of carbonyl (C=O) groups excluding carboxylic acids is 2. The molecule has 0 heterocycles. The van der Waals surface area contributed by atoms with E-state index in [9.17, 15) is 9.59 Å². The van der Waals surface area contributed by atoms with Crippen LogP contribution >= 0.6 is 0 Å². The molecule has 0 unspecified atom stereocenters. The average Bonchev–Trinajstić information content (AvgIpc) is 2.17. The molecular weight excluding hydrogens is 208 g/mol. The van der Waals surface area contributed by atoms with Gasteiger partial charge in [0.1, 0.15) is 11.8 Å². The molecule has 0 rings (SSSR count). The van der Waals surface area contributed by atoms with E-state index in [2.05, 4.69) is 0 Å². The van der Waals surface area contributed by atoms with Gasteiger partial charge in [-0.15, -0.1) is 0 Å². The zero-order valence-electron chi connectivity index (χ0n) is 10.4. The molecular formula is C12H20O4. The molecule has 0 aliphatic carbocycles.